The van der Waals surface area contributed by atoms with Gasteiger partial charge in [-0.05, 0) is 17.7 Å². The lowest BCUT2D eigenvalue weighted by molar-refractivity contribution is -0.138. The van der Waals surface area contributed by atoms with Gasteiger partial charge in [0, 0.05) is 0 Å². The molecule has 106 valence electrons. The Balaban J connectivity index is 2.43. The van der Waals surface area contributed by atoms with Gasteiger partial charge in [0.25, 0.3) is 0 Å². The van der Waals surface area contributed by atoms with Crippen molar-refractivity contribution in [1.29, 1.82) is 5.26 Å². The maximum absolute atomic E-state index is 11.5. The molecule has 2 aromatic carbocycles. The molecule has 5 heteroatoms. The molecule has 0 spiro atoms. The number of carboxylic acid groups (broad SMARTS) is 1. The molecule has 2 N–H and O–H groups in total. The number of nitriles is 1. The summed E-state index contributed by atoms with van der Waals surface area (Å²) in [5.41, 5.74) is 1.30. The lowest BCUT2D eigenvalue weighted by atomic mass is 10.1. The Morgan fingerprint density at radius 3 is 2.52 bits per heavy atom. The summed E-state index contributed by atoms with van der Waals surface area (Å²) in [4.78, 5) is 11.5. The number of benzene rings is 2. The van der Waals surface area contributed by atoms with E-state index in [1.54, 1.807) is 42.5 Å². The number of carbonyl (C=O) groups is 1. The summed E-state index contributed by atoms with van der Waals surface area (Å²) < 4.78 is 5.20. The van der Waals surface area contributed by atoms with Crippen LogP contribution >= 0.6 is 0 Å². The van der Waals surface area contributed by atoms with Gasteiger partial charge in [-0.2, -0.15) is 5.26 Å². The van der Waals surface area contributed by atoms with Crippen LogP contribution in [0.2, 0.25) is 0 Å². The fraction of sp³-hybridized carbons (Fsp3) is 0.125. The molecule has 21 heavy (non-hydrogen) atoms. The molecule has 0 aliphatic rings. The predicted octanol–water partition coefficient (Wildman–Crippen LogP) is 2.80. The standard InChI is InChI=1S/C16H14N2O3/c1-21-13-9-5-8-12(10-17)14(13)18-15(16(19)20)11-6-3-2-4-7-11/h2-9,15,18H,1H3,(H,19,20). The summed E-state index contributed by atoms with van der Waals surface area (Å²) >= 11 is 0. The van der Waals surface area contributed by atoms with E-state index in [0.29, 0.717) is 22.6 Å². The Morgan fingerprint density at radius 2 is 1.95 bits per heavy atom. The van der Waals surface area contributed by atoms with Gasteiger partial charge in [-0.25, -0.2) is 4.79 Å². The monoisotopic (exact) mass is 282 g/mol. The molecule has 0 saturated heterocycles. The van der Waals surface area contributed by atoms with Crippen LogP contribution in [0.25, 0.3) is 0 Å². The SMILES string of the molecule is COc1cccc(C#N)c1NC(C(=O)O)c1ccccc1. The first kappa shape index (κ1) is 14.4. The van der Waals surface area contributed by atoms with Crippen LogP contribution < -0.4 is 10.1 Å². The quantitative estimate of drug-likeness (QED) is 0.881. The maximum Gasteiger partial charge on any atom is 0.330 e. The van der Waals surface area contributed by atoms with Crippen LogP contribution in [0, 0.1) is 11.3 Å². The van der Waals surface area contributed by atoms with E-state index in [-0.39, 0.29) is 0 Å². The van der Waals surface area contributed by atoms with E-state index in [4.69, 9.17) is 10.00 Å². The smallest absolute Gasteiger partial charge is 0.330 e. The van der Waals surface area contributed by atoms with Gasteiger partial charge >= 0.3 is 5.97 Å². The zero-order valence-corrected chi connectivity index (χ0v) is 11.4. The molecule has 0 saturated carbocycles. The van der Waals surface area contributed by atoms with Gasteiger partial charge in [-0.15, -0.1) is 0 Å². The molecule has 0 radical (unpaired) electrons. The van der Waals surface area contributed by atoms with Crippen molar-refractivity contribution in [1.82, 2.24) is 0 Å². The van der Waals surface area contributed by atoms with Gasteiger partial charge < -0.3 is 15.2 Å². The minimum absolute atomic E-state index is 0.330. The summed E-state index contributed by atoms with van der Waals surface area (Å²) in [5.74, 6) is -0.604. The van der Waals surface area contributed by atoms with E-state index in [1.807, 2.05) is 12.1 Å². The van der Waals surface area contributed by atoms with E-state index >= 15 is 0 Å². The molecular formula is C16H14N2O3. The second-order valence-corrected chi connectivity index (χ2v) is 4.32. The Labute approximate surface area is 122 Å². The molecule has 0 aliphatic carbocycles. The zero-order valence-electron chi connectivity index (χ0n) is 11.4. The molecule has 0 aromatic heterocycles. The second kappa shape index (κ2) is 6.44. The first-order chi connectivity index (χ1) is 10.2. The molecule has 0 bridgehead atoms. The molecule has 5 nitrogen and oxygen atoms in total. The van der Waals surface area contributed by atoms with Crippen LogP contribution in [0.1, 0.15) is 17.2 Å². The number of hydrogen-bond acceptors (Lipinski definition) is 4. The van der Waals surface area contributed by atoms with E-state index in [0.717, 1.165) is 0 Å². The van der Waals surface area contributed by atoms with Gasteiger partial charge in [0.15, 0.2) is 6.04 Å². The first-order valence-corrected chi connectivity index (χ1v) is 6.28. The highest BCUT2D eigenvalue weighted by atomic mass is 16.5. The zero-order chi connectivity index (χ0) is 15.2. The van der Waals surface area contributed by atoms with Gasteiger partial charge in [0.1, 0.15) is 11.8 Å². The number of aliphatic carboxylic acids is 1. The van der Waals surface area contributed by atoms with Crippen LogP contribution in [-0.2, 0) is 4.79 Å². The van der Waals surface area contributed by atoms with E-state index < -0.39 is 12.0 Å². The first-order valence-electron chi connectivity index (χ1n) is 6.28. The number of anilines is 1. The molecule has 0 amide bonds. The second-order valence-electron chi connectivity index (χ2n) is 4.32. The molecule has 0 heterocycles. The maximum atomic E-state index is 11.5. The Kier molecular flexibility index (Phi) is 4.42. The Morgan fingerprint density at radius 1 is 1.24 bits per heavy atom. The van der Waals surface area contributed by atoms with Crippen molar-refractivity contribution in [2.75, 3.05) is 12.4 Å². The Bertz CT molecular complexity index is 678. The molecule has 2 rings (SSSR count). The number of rotatable bonds is 5. The number of hydrogen-bond donors (Lipinski definition) is 2. The fourth-order valence-electron chi connectivity index (χ4n) is 2.02. The van der Waals surface area contributed by atoms with Crippen LogP contribution in [0.15, 0.2) is 48.5 Å². The number of methoxy groups -OCH3 is 1. The van der Waals surface area contributed by atoms with E-state index in [1.165, 1.54) is 7.11 Å². The molecule has 2 aromatic rings. The molecule has 1 unspecified atom stereocenters. The number of para-hydroxylation sites is 1. The summed E-state index contributed by atoms with van der Waals surface area (Å²) in [6, 6.07) is 14.8. The van der Waals surface area contributed by atoms with E-state index in [9.17, 15) is 9.90 Å². The van der Waals surface area contributed by atoms with Crippen molar-refractivity contribution in [3.05, 3.63) is 59.7 Å². The van der Waals surface area contributed by atoms with E-state index in [2.05, 4.69) is 5.32 Å². The van der Waals surface area contributed by atoms with Gasteiger partial charge in [-0.1, -0.05) is 36.4 Å². The third-order valence-corrected chi connectivity index (χ3v) is 3.04. The highest BCUT2D eigenvalue weighted by molar-refractivity contribution is 5.81. The minimum atomic E-state index is -1.03. The van der Waals surface area contributed by atoms with Crippen molar-refractivity contribution in [2.24, 2.45) is 0 Å². The topological polar surface area (TPSA) is 82.3 Å². The summed E-state index contributed by atoms with van der Waals surface area (Å²) in [5, 5.41) is 21.5. The largest absolute Gasteiger partial charge is 0.495 e. The van der Waals surface area contributed by atoms with Gasteiger partial charge in [0.05, 0.1) is 18.4 Å². The lowest BCUT2D eigenvalue weighted by Crippen LogP contribution is -2.21. The molecule has 1 atom stereocenters. The third kappa shape index (κ3) is 3.12. The number of ether oxygens (including phenoxy) is 1. The predicted molar refractivity (Wildman–Crippen MR) is 78.2 cm³/mol. The summed E-state index contributed by atoms with van der Waals surface area (Å²) in [6.07, 6.45) is 0. The Hall–Kier alpha value is -3.00. The molecular weight excluding hydrogens is 268 g/mol. The molecule has 0 aliphatic heterocycles. The number of nitrogens with zero attached hydrogens (tertiary/aromatic N) is 1. The average molecular weight is 282 g/mol. The van der Waals surface area contributed by atoms with Crippen molar-refractivity contribution < 1.29 is 14.6 Å². The summed E-state index contributed by atoms with van der Waals surface area (Å²) in [7, 11) is 1.47. The normalized spacial score (nSPS) is 11.2. The van der Waals surface area contributed by atoms with Gasteiger partial charge in [0.2, 0.25) is 0 Å². The summed E-state index contributed by atoms with van der Waals surface area (Å²) in [6.45, 7) is 0. The fourth-order valence-corrected chi connectivity index (χ4v) is 2.02. The minimum Gasteiger partial charge on any atom is -0.495 e. The number of carboxylic acids is 1. The average Bonchev–Trinajstić information content (AvgIpc) is 2.52. The van der Waals surface area contributed by atoms with Crippen LogP contribution in [0.4, 0.5) is 5.69 Å². The van der Waals surface area contributed by atoms with Crippen LogP contribution in [-0.4, -0.2) is 18.2 Å². The third-order valence-electron chi connectivity index (χ3n) is 3.04. The highest BCUT2D eigenvalue weighted by Crippen LogP contribution is 2.31. The van der Waals surface area contributed by atoms with Crippen LogP contribution in [0.3, 0.4) is 0 Å². The van der Waals surface area contributed by atoms with Crippen LogP contribution in [0.5, 0.6) is 5.75 Å². The van der Waals surface area contributed by atoms with Crippen molar-refractivity contribution in [3.8, 4) is 11.8 Å². The van der Waals surface area contributed by atoms with Crippen molar-refractivity contribution >= 4 is 11.7 Å². The van der Waals surface area contributed by atoms with Gasteiger partial charge in [-0.3, -0.25) is 0 Å². The van der Waals surface area contributed by atoms with Crippen molar-refractivity contribution in [2.45, 2.75) is 6.04 Å². The highest BCUT2D eigenvalue weighted by Gasteiger charge is 2.22. The lowest BCUT2D eigenvalue weighted by Gasteiger charge is -2.19. The van der Waals surface area contributed by atoms with Crippen molar-refractivity contribution in [3.63, 3.8) is 0 Å². The molecule has 0 fully saturated rings. The number of nitrogens with one attached hydrogen (secondary N) is 1.